The summed E-state index contributed by atoms with van der Waals surface area (Å²) in [5.74, 6) is 1.90. The second-order valence-corrected chi connectivity index (χ2v) is 9.93. The molecule has 0 aromatic heterocycles. The maximum atomic E-state index is 12.0. The van der Waals surface area contributed by atoms with Crippen LogP contribution in [0, 0.1) is 11.8 Å². The molecule has 2 N–H and O–H groups in total. The minimum atomic E-state index is 0.0746. The monoisotopic (exact) mass is 462 g/mol. The van der Waals surface area contributed by atoms with Crippen molar-refractivity contribution in [2.75, 3.05) is 0 Å². The largest absolute Gasteiger partial charge is 0.349 e. The Hall–Kier alpha value is -2.62. The molecule has 0 radical (unpaired) electrons. The highest BCUT2D eigenvalue weighted by Crippen LogP contribution is 2.27. The van der Waals surface area contributed by atoms with E-state index in [1.807, 2.05) is 60.7 Å². The second kappa shape index (κ2) is 13.9. The van der Waals surface area contributed by atoms with E-state index >= 15 is 0 Å². The quantitative estimate of drug-likeness (QED) is 0.498. The van der Waals surface area contributed by atoms with Crippen LogP contribution in [-0.4, -0.2) is 23.9 Å². The molecule has 34 heavy (non-hydrogen) atoms. The van der Waals surface area contributed by atoms with Crippen LogP contribution in [0.2, 0.25) is 0 Å². The number of benzene rings is 2. The number of hydrogen-bond acceptors (Lipinski definition) is 2. The summed E-state index contributed by atoms with van der Waals surface area (Å²) in [7, 11) is 0. The molecule has 2 aliphatic rings. The molecule has 2 amide bonds. The molecule has 0 unspecified atom stereocenters. The third kappa shape index (κ3) is 8.30. The van der Waals surface area contributed by atoms with E-state index in [0.717, 1.165) is 48.6 Å². The van der Waals surface area contributed by atoms with Crippen LogP contribution in [0.25, 0.3) is 0 Å². The average molecular weight is 463 g/mol. The average Bonchev–Trinajstić information content (AvgIpc) is 2.91. The Balaban J connectivity index is 0.000000191. The smallest absolute Gasteiger partial charge is 0.251 e. The summed E-state index contributed by atoms with van der Waals surface area (Å²) >= 11 is 0. The lowest BCUT2D eigenvalue weighted by Gasteiger charge is -2.28. The maximum Gasteiger partial charge on any atom is 0.251 e. The second-order valence-electron chi connectivity index (χ2n) is 9.93. The van der Waals surface area contributed by atoms with Crippen molar-refractivity contribution >= 4 is 11.8 Å². The van der Waals surface area contributed by atoms with Crippen LogP contribution in [0.5, 0.6) is 0 Å². The van der Waals surface area contributed by atoms with E-state index < -0.39 is 0 Å². The van der Waals surface area contributed by atoms with Gasteiger partial charge in [0.2, 0.25) is 0 Å². The predicted molar refractivity (Wildman–Crippen MR) is 140 cm³/mol. The van der Waals surface area contributed by atoms with Gasteiger partial charge in [-0.25, -0.2) is 0 Å². The number of carbonyl (C=O) groups is 2. The first-order chi connectivity index (χ1) is 16.6. The molecule has 0 aliphatic heterocycles. The van der Waals surface area contributed by atoms with E-state index in [1.165, 1.54) is 38.5 Å². The summed E-state index contributed by atoms with van der Waals surface area (Å²) in [5.41, 5.74) is 1.54. The topological polar surface area (TPSA) is 58.2 Å². The van der Waals surface area contributed by atoms with Crippen LogP contribution in [0.4, 0.5) is 0 Å². The molecule has 2 saturated carbocycles. The van der Waals surface area contributed by atoms with Gasteiger partial charge in [0.25, 0.3) is 11.8 Å². The van der Waals surface area contributed by atoms with E-state index in [0.29, 0.717) is 12.1 Å². The summed E-state index contributed by atoms with van der Waals surface area (Å²) in [5, 5.41) is 6.28. The maximum absolute atomic E-state index is 12.0. The van der Waals surface area contributed by atoms with Crippen LogP contribution in [-0.2, 0) is 0 Å². The van der Waals surface area contributed by atoms with Crippen molar-refractivity contribution in [3.63, 3.8) is 0 Å². The van der Waals surface area contributed by atoms with Crippen LogP contribution in [0.3, 0.4) is 0 Å². The number of carbonyl (C=O) groups excluding carboxylic acids is 2. The molecule has 0 bridgehead atoms. The first-order valence-electron chi connectivity index (χ1n) is 13.3. The first-order valence-corrected chi connectivity index (χ1v) is 13.3. The zero-order valence-electron chi connectivity index (χ0n) is 21.0. The Bertz CT molecular complexity index is 778. The van der Waals surface area contributed by atoms with Crippen LogP contribution >= 0.6 is 0 Å². The molecule has 4 nitrogen and oxygen atoms in total. The highest BCUT2D eigenvalue weighted by atomic mass is 16.2. The Kier molecular flexibility index (Phi) is 10.7. The van der Waals surface area contributed by atoms with Crippen molar-refractivity contribution < 1.29 is 9.59 Å². The van der Waals surface area contributed by atoms with Crippen molar-refractivity contribution in [2.24, 2.45) is 11.8 Å². The van der Waals surface area contributed by atoms with Crippen molar-refractivity contribution in [3.8, 4) is 0 Å². The fourth-order valence-electron chi connectivity index (χ4n) is 5.15. The number of hydrogen-bond donors (Lipinski definition) is 2. The van der Waals surface area contributed by atoms with E-state index in [1.54, 1.807) is 0 Å². The fourth-order valence-corrected chi connectivity index (χ4v) is 5.15. The zero-order chi connectivity index (χ0) is 24.2. The minimum Gasteiger partial charge on any atom is -0.349 e. The SMILES string of the molecule is CCC1CCC(NC(=O)c2ccccc2)CC1.CCC1CCC(NC(=O)c2ccccc2)CC1. The summed E-state index contributed by atoms with van der Waals surface area (Å²) in [6.45, 7) is 4.51. The molecule has 2 fully saturated rings. The Labute approximate surface area is 205 Å². The molecule has 2 aromatic carbocycles. The van der Waals surface area contributed by atoms with Gasteiger partial charge in [-0.3, -0.25) is 9.59 Å². The Morgan fingerprint density at radius 1 is 0.588 bits per heavy atom. The molecule has 2 aliphatic carbocycles. The Morgan fingerprint density at radius 3 is 1.21 bits per heavy atom. The van der Waals surface area contributed by atoms with Gasteiger partial charge in [-0.2, -0.15) is 0 Å². The molecule has 184 valence electrons. The molecule has 0 spiro atoms. The summed E-state index contributed by atoms with van der Waals surface area (Å²) in [6, 6.07) is 19.7. The van der Waals surface area contributed by atoms with Gasteiger partial charge in [0.05, 0.1) is 0 Å². The standard InChI is InChI=1S/2C15H21NO/c2*1-2-12-8-10-14(11-9-12)16-15(17)13-6-4-3-5-7-13/h2*3-7,12,14H,2,8-11H2,1H3,(H,16,17). The lowest BCUT2D eigenvalue weighted by Crippen LogP contribution is -2.37. The fraction of sp³-hybridized carbons (Fsp3) is 0.533. The van der Waals surface area contributed by atoms with Crippen LogP contribution in [0.15, 0.2) is 60.7 Å². The minimum absolute atomic E-state index is 0.0746. The lowest BCUT2D eigenvalue weighted by atomic mass is 9.84. The van der Waals surface area contributed by atoms with Gasteiger partial charge in [-0.15, -0.1) is 0 Å². The van der Waals surface area contributed by atoms with Crippen LogP contribution < -0.4 is 10.6 Å². The third-order valence-electron chi connectivity index (χ3n) is 7.59. The van der Waals surface area contributed by atoms with E-state index in [2.05, 4.69) is 24.5 Å². The first kappa shape index (κ1) is 26.0. The molecule has 0 atom stereocenters. The van der Waals surface area contributed by atoms with Gasteiger partial charge in [-0.1, -0.05) is 63.1 Å². The number of nitrogens with one attached hydrogen (secondary N) is 2. The lowest BCUT2D eigenvalue weighted by molar-refractivity contribution is 0.0913. The van der Waals surface area contributed by atoms with Gasteiger partial charge >= 0.3 is 0 Å². The van der Waals surface area contributed by atoms with Crippen molar-refractivity contribution in [2.45, 2.75) is 90.1 Å². The van der Waals surface area contributed by atoms with Gasteiger partial charge < -0.3 is 10.6 Å². The van der Waals surface area contributed by atoms with Gasteiger partial charge in [0, 0.05) is 23.2 Å². The number of amides is 2. The van der Waals surface area contributed by atoms with Crippen molar-refractivity contribution in [1.82, 2.24) is 10.6 Å². The summed E-state index contributed by atoms with van der Waals surface area (Å²) in [6.07, 6.45) is 12.1. The Morgan fingerprint density at radius 2 is 0.912 bits per heavy atom. The molecule has 2 aromatic rings. The van der Waals surface area contributed by atoms with Crippen molar-refractivity contribution in [1.29, 1.82) is 0 Å². The van der Waals surface area contributed by atoms with Crippen molar-refractivity contribution in [3.05, 3.63) is 71.8 Å². The molecule has 4 rings (SSSR count). The third-order valence-corrected chi connectivity index (χ3v) is 7.59. The van der Waals surface area contributed by atoms with E-state index in [4.69, 9.17) is 0 Å². The molecular formula is C30H42N2O2. The molecule has 0 heterocycles. The molecule has 0 saturated heterocycles. The zero-order valence-corrected chi connectivity index (χ0v) is 21.0. The van der Waals surface area contributed by atoms with Gasteiger partial charge in [0.15, 0.2) is 0 Å². The van der Waals surface area contributed by atoms with E-state index in [9.17, 15) is 9.59 Å². The highest BCUT2D eigenvalue weighted by molar-refractivity contribution is 5.94. The van der Waals surface area contributed by atoms with Gasteiger partial charge in [0.1, 0.15) is 0 Å². The number of rotatable bonds is 6. The molecular weight excluding hydrogens is 420 g/mol. The predicted octanol–water partition coefficient (Wildman–Crippen LogP) is 6.77. The van der Waals surface area contributed by atoms with E-state index in [-0.39, 0.29) is 11.8 Å². The normalized spacial score (nSPS) is 24.3. The summed E-state index contributed by atoms with van der Waals surface area (Å²) in [4.78, 5) is 23.9. The molecule has 4 heteroatoms. The summed E-state index contributed by atoms with van der Waals surface area (Å²) < 4.78 is 0. The van der Waals surface area contributed by atoms with Crippen LogP contribution in [0.1, 0.15) is 98.8 Å². The highest BCUT2D eigenvalue weighted by Gasteiger charge is 2.22. The van der Waals surface area contributed by atoms with Gasteiger partial charge in [-0.05, 0) is 87.5 Å².